The highest BCUT2D eigenvalue weighted by molar-refractivity contribution is 5.78. The molecule has 0 aliphatic rings. The Balaban J connectivity index is 2.96. The van der Waals surface area contributed by atoms with Crippen molar-refractivity contribution < 1.29 is 14.5 Å². The van der Waals surface area contributed by atoms with Gasteiger partial charge in [0.2, 0.25) is 0 Å². The number of esters is 1. The predicted octanol–water partition coefficient (Wildman–Crippen LogP) is 1.79. The highest BCUT2D eigenvalue weighted by atomic mass is 16.6. The number of rotatable bonds is 7. The van der Waals surface area contributed by atoms with Gasteiger partial charge in [-0.25, -0.2) is 9.78 Å². The van der Waals surface area contributed by atoms with Gasteiger partial charge in [0, 0.05) is 6.54 Å². The quantitative estimate of drug-likeness (QED) is 0.446. The molecule has 8 heteroatoms. The molecule has 0 aromatic carbocycles. The maximum absolute atomic E-state index is 11.3. The molecular weight excluding hydrogens is 264 g/mol. The third-order valence-corrected chi connectivity index (χ3v) is 2.50. The van der Waals surface area contributed by atoms with E-state index in [0.717, 1.165) is 6.42 Å². The molecule has 0 fully saturated rings. The lowest BCUT2D eigenvalue weighted by Gasteiger charge is -2.13. The molecule has 20 heavy (non-hydrogen) atoms. The first-order valence-corrected chi connectivity index (χ1v) is 6.22. The van der Waals surface area contributed by atoms with Crippen LogP contribution >= 0.6 is 0 Å². The van der Waals surface area contributed by atoms with E-state index in [1.165, 1.54) is 19.2 Å². The van der Waals surface area contributed by atoms with Crippen molar-refractivity contribution in [2.75, 3.05) is 24.3 Å². The lowest BCUT2D eigenvalue weighted by atomic mass is 10.3. The van der Waals surface area contributed by atoms with E-state index < -0.39 is 16.9 Å². The monoisotopic (exact) mass is 282 g/mol. The zero-order valence-corrected chi connectivity index (χ0v) is 11.7. The van der Waals surface area contributed by atoms with Gasteiger partial charge < -0.3 is 15.4 Å². The van der Waals surface area contributed by atoms with E-state index in [2.05, 4.69) is 20.4 Å². The highest BCUT2D eigenvalue weighted by Gasteiger charge is 2.16. The lowest BCUT2D eigenvalue weighted by molar-refractivity contribution is -0.384. The number of methoxy groups -OCH3 is 1. The van der Waals surface area contributed by atoms with Crippen molar-refractivity contribution in [3.8, 4) is 0 Å². The fourth-order valence-corrected chi connectivity index (χ4v) is 1.50. The molecule has 0 radical (unpaired) electrons. The molecule has 0 bridgehead atoms. The van der Waals surface area contributed by atoms with Crippen molar-refractivity contribution in [3.63, 3.8) is 0 Å². The largest absolute Gasteiger partial charge is 0.467 e. The average Bonchev–Trinajstić information content (AvgIpc) is 2.43. The van der Waals surface area contributed by atoms with Gasteiger partial charge in [0.25, 0.3) is 5.69 Å². The number of carbonyl (C=O) groups is 1. The minimum atomic E-state index is -0.645. The topological polar surface area (TPSA) is 106 Å². The van der Waals surface area contributed by atoms with Gasteiger partial charge in [0.05, 0.1) is 24.2 Å². The van der Waals surface area contributed by atoms with Crippen molar-refractivity contribution in [3.05, 3.63) is 22.2 Å². The molecule has 0 aliphatic carbocycles. The van der Waals surface area contributed by atoms with Crippen molar-refractivity contribution in [1.29, 1.82) is 0 Å². The van der Waals surface area contributed by atoms with Crippen LogP contribution < -0.4 is 10.6 Å². The fraction of sp³-hybridized carbons (Fsp3) is 0.500. The summed E-state index contributed by atoms with van der Waals surface area (Å²) in [5.41, 5.74) is -0.0989. The number of nitro groups is 1. The molecule has 2 N–H and O–H groups in total. The average molecular weight is 282 g/mol. The normalized spacial score (nSPS) is 11.6. The van der Waals surface area contributed by atoms with Crippen molar-refractivity contribution in [2.24, 2.45) is 0 Å². The van der Waals surface area contributed by atoms with E-state index in [1.807, 2.05) is 6.92 Å². The SMILES string of the molecule is CCCNc1cc([N+](=O)[O-])cc(NC(C)C(=O)OC)n1. The number of aromatic nitrogens is 1. The summed E-state index contributed by atoms with van der Waals surface area (Å²) < 4.78 is 4.58. The van der Waals surface area contributed by atoms with Crippen molar-refractivity contribution in [2.45, 2.75) is 26.3 Å². The summed E-state index contributed by atoms with van der Waals surface area (Å²) in [5.74, 6) is 0.165. The van der Waals surface area contributed by atoms with Crippen LogP contribution in [0.2, 0.25) is 0 Å². The Kier molecular flexibility index (Phi) is 5.70. The minimum absolute atomic E-state index is 0.0989. The number of carbonyl (C=O) groups excluding carboxylic acids is 1. The van der Waals surface area contributed by atoms with Gasteiger partial charge in [0.15, 0.2) is 0 Å². The third-order valence-electron chi connectivity index (χ3n) is 2.50. The van der Waals surface area contributed by atoms with Crippen LogP contribution in [0.25, 0.3) is 0 Å². The van der Waals surface area contributed by atoms with Crippen LogP contribution in [0, 0.1) is 10.1 Å². The molecule has 8 nitrogen and oxygen atoms in total. The Hall–Kier alpha value is -2.38. The van der Waals surface area contributed by atoms with Gasteiger partial charge in [-0.1, -0.05) is 6.92 Å². The third kappa shape index (κ3) is 4.38. The Morgan fingerprint density at radius 1 is 1.50 bits per heavy atom. The number of hydrogen-bond acceptors (Lipinski definition) is 7. The summed E-state index contributed by atoms with van der Waals surface area (Å²) >= 11 is 0. The van der Waals surface area contributed by atoms with E-state index in [1.54, 1.807) is 6.92 Å². The van der Waals surface area contributed by atoms with E-state index in [-0.39, 0.29) is 11.5 Å². The first-order chi connectivity index (χ1) is 9.47. The molecule has 1 aromatic rings. The zero-order chi connectivity index (χ0) is 15.1. The summed E-state index contributed by atoms with van der Waals surface area (Å²) in [6.45, 7) is 4.22. The maximum atomic E-state index is 11.3. The van der Waals surface area contributed by atoms with Crippen LogP contribution in [-0.2, 0) is 9.53 Å². The van der Waals surface area contributed by atoms with Crippen LogP contribution in [0.5, 0.6) is 0 Å². The molecule has 1 rings (SSSR count). The molecule has 0 saturated heterocycles. The van der Waals surface area contributed by atoms with E-state index in [0.29, 0.717) is 12.4 Å². The molecule has 110 valence electrons. The number of hydrogen-bond donors (Lipinski definition) is 2. The summed E-state index contributed by atoms with van der Waals surface area (Å²) in [5, 5.41) is 16.6. The van der Waals surface area contributed by atoms with E-state index in [4.69, 9.17) is 0 Å². The second-order valence-electron chi connectivity index (χ2n) is 4.17. The van der Waals surface area contributed by atoms with E-state index >= 15 is 0 Å². The highest BCUT2D eigenvalue weighted by Crippen LogP contribution is 2.21. The summed E-state index contributed by atoms with van der Waals surface area (Å²) in [7, 11) is 1.27. The van der Waals surface area contributed by atoms with E-state index in [9.17, 15) is 14.9 Å². The number of ether oxygens (including phenoxy) is 1. The number of nitrogens with one attached hydrogen (secondary N) is 2. The van der Waals surface area contributed by atoms with Gasteiger partial charge >= 0.3 is 5.97 Å². The fourth-order valence-electron chi connectivity index (χ4n) is 1.50. The molecule has 0 saturated carbocycles. The van der Waals surface area contributed by atoms with Gasteiger partial charge in [-0.3, -0.25) is 10.1 Å². The minimum Gasteiger partial charge on any atom is -0.467 e. The molecule has 1 atom stereocenters. The van der Waals surface area contributed by atoms with Crippen LogP contribution in [0.4, 0.5) is 17.3 Å². The lowest BCUT2D eigenvalue weighted by Crippen LogP contribution is -2.27. The summed E-state index contributed by atoms with van der Waals surface area (Å²) in [6, 6.07) is 1.98. The molecule has 1 aromatic heterocycles. The number of anilines is 2. The summed E-state index contributed by atoms with van der Waals surface area (Å²) in [6.07, 6.45) is 0.867. The molecule has 0 aliphatic heterocycles. The standard InChI is InChI=1S/C12H18N4O4/c1-4-5-13-10-6-9(16(18)19)7-11(15-10)14-8(2)12(17)20-3/h6-8H,4-5H2,1-3H3,(H2,13,14,15). The van der Waals surface area contributed by atoms with Crippen LogP contribution in [0.15, 0.2) is 12.1 Å². The summed E-state index contributed by atoms with van der Waals surface area (Å²) in [4.78, 5) is 25.9. The molecule has 0 spiro atoms. The van der Waals surface area contributed by atoms with Crippen molar-refractivity contribution >= 4 is 23.3 Å². The van der Waals surface area contributed by atoms with Gasteiger partial charge in [-0.05, 0) is 13.3 Å². The van der Waals surface area contributed by atoms with Crippen LogP contribution in [-0.4, -0.2) is 35.6 Å². The Morgan fingerprint density at radius 3 is 2.70 bits per heavy atom. The van der Waals surface area contributed by atoms with Gasteiger partial charge in [0.1, 0.15) is 17.7 Å². The molecule has 1 heterocycles. The van der Waals surface area contributed by atoms with Crippen LogP contribution in [0.1, 0.15) is 20.3 Å². The molecule has 1 unspecified atom stereocenters. The second kappa shape index (κ2) is 7.27. The van der Waals surface area contributed by atoms with Gasteiger partial charge in [-0.15, -0.1) is 0 Å². The number of nitrogens with zero attached hydrogens (tertiary/aromatic N) is 2. The second-order valence-corrected chi connectivity index (χ2v) is 4.17. The van der Waals surface area contributed by atoms with Crippen LogP contribution in [0.3, 0.4) is 0 Å². The predicted molar refractivity (Wildman–Crippen MR) is 74.8 cm³/mol. The Labute approximate surface area is 116 Å². The molecular formula is C12H18N4O4. The maximum Gasteiger partial charge on any atom is 0.328 e. The zero-order valence-electron chi connectivity index (χ0n) is 11.7. The molecule has 0 amide bonds. The first-order valence-electron chi connectivity index (χ1n) is 6.22. The number of pyridine rings is 1. The Morgan fingerprint density at radius 2 is 2.15 bits per heavy atom. The van der Waals surface area contributed by atoms with Gasteiger partial charge in [-0.2, -0.15) is 0 Å². The Bertz CT molecular complexity index is 492. The smallest absolute Gasteiger partial charge is 0.328 e. The first kappa shape index (κ1) is 15.7. The van der Waals surface area contributed by atoms with Crippen molar-refractivity contribution in [1.82, 2.24) is 4.98 Å².